The molecule has 0 saturated carbocycles. The van der Waals surface area contributed by atoms with Gasteiger partial charge in [0.1, 0.15) is 11.3 Å². The molecule has 0 unspecified atom stereocenters. The summed E-state index contributed by atoms with van der Waals surface area (Å²) in [5, 5.41) is 1.07. The van der Waals surface area contributed by atoms with Gasteiger partial charge in [-0.25, -0.2) is 0 Å². The number of aryl methyl sites for hydroxylation is 3. The highest BCUT2D eigenvalue weighted by molar-refractivity contribution is 6.03. The largest absolute Gasteiger partial charge is 0.423 e. The zero-order chi connectivity index (χ0) is 21.2. The van der Waals surface area contributed by atoms with Crippen molar-refractivity contribution in [2.45, 2.75) is 47.0 Å². The number of hydrogen-bond acceptors (Lipinski definition) is 3. The lowest BCUT2D eigenvalue weighted by molar-refractivity contribution is 0.357. The predicted molar refractivity (Wildman–Crippen MR) is 124 cm³/mol. The second-order valence-electron chi connectivity index (χ2n) is 9.30. The highest BCUT2D eigenvalue weighted by atomic mass is 16.6. The predicted octanol–water partition coefficient (Wildman–Crippen LogP) is 8.23. The molecule has 2 heterocycles. The number of fused-ring (bicyclic) bond motifs is 4. The number of ether oxygens (including phenoxy) is 1. The Labute approximate surface area is 177 Å². The smallest absolute Gasteiger partial charge is 0.316 e. The van der Waals surface area contributed by atoms with E-state index in [1.807, 2.05) is 12.1 Å². The fraction of sp³-hybridized carbons (Fsp3) is 0.259. The second-order valence-corrected chi connectivity index (χ2v) is 9.30. The monoisotopic (exact) mass is 397 g/mol. The first kappa shape index (κ1) is 18.8. The number of para-hydroxylation sites is 3. The lowest BCUT2D eigenvalue weighted by Crippen LogP contribution is -2.18. The summed E-state index contributed by atoms with van der Waals surface area (Å²) >= 11 is 0. The molecule has 0 spiro atoms. The Bertz CT molecular complexity index is 1270. The van der Waals surface area contributed by atoms with E-state index >= 15 is 0 Å². The summed E-state index contributed by atoms with van der Waals surface area (Å²) in [4.78, 5) is 2.32. The van der Waals surface area contributed by atoms with Crippen LogP contribution in [0.25, 0.3) is 11.0 Å². The Hall–Kier alpha value is -3.20. The van der Waals surface area contributed by atoms with Crippen LogP contribution in [0.1, 0.15) is 43.0 Å². The summed E-state index contributed by atoms with van der Waals surface area (Å²) in [6, 6.07) is 19.1. The summed E-state index contributed by atoms with van der Waals surface area (Å²) in [6.45, 7) is 13.2. The maximum absolute atomic E-state index is 6.22. The minimum absolute atomic E-state index is 0.0988. The summed E-state index contributed by atoms with van der Waals surface area (Å²) in [5.74, 6) is 1.36. The number of furan rings is 1. The molecule has 30 heavy (non-hydrogen) atoms. The molecule has 152 valence electrons. The van der Waals surface area contributed by atoms with Crippen molar-refractivity contribution in [2.75, 3.05) is 4.90 Å². The minimum Gasteiger partial charge on any atom is -0.423 e. The molecule has 1 aliphatic rings. The number of anilines is 3. The number of rotatable bonds is 1. The van der Waals surface area contributed by atoms with E-state index in [1.54, 1.807) is 0 Å². The maximum Gasteiger partial charge on any atom is 0.316 e. The second kappa shape index (κ2) is 6.40. The van der Waals surface area contributed by atoms with Crippen molar-refractivity contribution >= 4 is 28.0 Å². The molecule has 0 saturated heterocycles. The van der Waals surface area contributed by atoms with Crippen molar-refractivity contribution in [3.8, 4) is 11.7 Å². The molecule has 0 amide bonds. The molecule has 1 aliphatic heterocycles. The standard InChI is InChI=1S/C27H27NO2/c1-16-10-9-11-20-24-26(30-25(16)20)29-22-13-8-7-12-21(22)28(24)23-17(2)14-19(15-18(23)3)27(4,5)6/h7-15H,1-6H3. The Morgan fingerprint density at radius 3 is 2.17 bits per heavy atom. The average Bonchev–Trinajstić information content (AvgIpc) is 3.05. The van der Waals surface area contributed by atoms with E-state index in [4.69, 9.17) is 9.15 Å². The normalized spacial score (nSPS) is 13.2. The van der Waals surface area contributed by atoms with Crippen molar-refractivity contribution in [3.63, 3.8) is 0 Å². The van der Waals surface area contributed by atoms with E-state index in [0.717, 1.165) is 33.7 Å². The molecule has 1 aromatic heterocycles. The Kier molecular flexibility index (Phi) is 4.01. The van der Waals surface area contributed by atoms with Crippen LogP contribution < -0.4 is 9.64 Å². The van der Waals surface area contributed by atoms with Gasteiger partial charge in [0.15, 0.2) is 5.75 Å². The van der Waals surface area contributed by atoms with Crippen molar-refractivity contribution < 1.29 is 9.15 Å². The van der Waals surface area contributed by atoms with Crippen LogP contribution >= 0.6 is 0 Å². The van der Waals surface area contributed by atoms with Crippen molar-refractivity contribution in [3.05, 3.63) is 76.9 Å². The van der Waals surface area contributed by atoms with E-state index in [1.165, 1.54) is 22.4 Å². The average molecular weight is 398 g/mol. The summed E-state index contributed by atoms with van der Waals surface area (Å²) in [5.41, 5.74) is 9.09. The third-order valence-electron chi connectivity index (χ3n) is 5.97. The summed E-state index contributed by atoms with van der Waals surface area (Å²) in [7, 11) is 0. The lowest BCUT2D eigenvalue weighted by Gasteiger charge is -2.33. The number of benzene rings is 3. The van der Waals surface area contributed by atoms with Crippen LogP contribution in [0.5, 0.6) is 11.7 Å². The van der Waals surface area contributed by atoms with Crippen LogP contribution in [-0.2, 0) is 5.41 Å². The van der Waals surface area contributed by atoms with Gasteiger partial charge in [0, 0.05) is 5.39 Å². The fourth-order valence-electron chi connectivity index (χ4n) is 4.43. The zero-order valence-electron chi connectivity index (χ0n) is 18.5. The van der Waals surface area contributed by atoms with Crippen LogP contribution in [0.3, 0.4) is 0 Å². The highest BCUT2D eigenvalue weighted by Crippen LogP contribution is 2.56. The summed E-state index contributed by atoms with van der Waals surface area (Å²) in [6.07, 6.45) is 0. The van der Waals surface area contributed by atoms with Gasteiger partial charge in [-0.1, -0.05) is 57.2 Å². The SMILES string of the molecule is Cc1cc(C(C)(C)C)cc(C)c1N1c2ccccc2Oc2oc3c(C)cccc3c21. The molecule has 4 aromatic rings. The van der Waals surface area contributed by atoms with Gasteiger partial charge in [-0.05, 0) is 66.6 Å². The van der Waals surface area contributed by atoms with Crippen LogP contribution in [0.4, 0.5) is 17.1 Å². The molecule has 0 bridgehead atoms. The molecule has 0 atom stereocenters. The van der Waals surface area contributed by atoms with Crippen LogP contribution in [0.2, 0.25) is 0 Å². The van der Waals surface area contributed by atoms with Crippen molar-refractivity contribution in [2.24, 2.45) is 0 Å². The molecule has 0 fully saturated rings. The molecular weight excluding hydrogens is 370 g/mol. The molecule has 3 nitrogen and oxygen atoms in total. The van der Waals surface area contributed by atoms with Crippen LogP contribution in [0, 0.1) is 20.8 Å². The van der Waals surface area contributed by atoms with Crippen LogP contribution in [0.15, 0.2) is 59.0 Å². The van der Waals surface area contributed by atoms with Crippen LogP contribution in [-0.4, -0.2) is 0 Å². The third-order valence-corrected chi connectivity index (χ3v) is 5.97. The van der Waals surface area contributed by atoms with E-state index in [2.05, 4.69) is 88.9 Å². The van der Waals surface area contributed by atoms with Gasteiger partial charge in [0.05, 0.1) is 11.4 Å². The Balaban J connectivity index is 1.84. The first-order valence-corrected chi connectivity index (χ1v) is 10.5. The van der Waals surface area contributed by atoms with Gasteiger partial charge in [0.25, 0.3) is 0 Å². The third kappa shape index (κ3) is 2.72. The van der Waals surface area contributed by atoms with Gasteiger partial charge in [0.2, 0.25) is 0 Å². The van der Waals surface area contributed by atoms with Gasteiger partial charge in [-0.3, -0.25) is 4.90 Å². The first-order valence-electron chi connectivity index (χ1n) is 10.5. The number of nitrogens with zero attached hydrogens (tertiary/aromatic N) is 1. The van der Waals surface area contributed by atoms with Gasteiger partial charge < -0.3 is 9.15 Å². The lowest BCUT2D eigenvalue weighted by atomic mass is 9.84. The molecular formula is C27H27NO2. The van der Waals surface area contributed by atoms with E-state index < -0.39 is 0 Å². The Morgan fingerprint density at radius 2 is 1.47 bits per heavy atom. The molecule has 0 radical (unpaired) electrons. The van der Waals surface area contributed by atoms with Gasteiger partial charge in [-0.2, -0.15) is 0 Å². The van der Waals surface area contributed by atoms with Crippen molar-refractivity contribution in [1.82, 2.24) is 0 Å². The quantitative estimate of drug-likeness (QED) is 0.285. The fourth-order valence-corrected chi connectivity index (χ4v) is 4.43. The highest BCUT2D eigenvalue weighted by Gasteiger charge is 2.33. The maximum atomic E-state index is 6.22. The zero-order valence-corrected chi connectivity index (χ0v) is 18.5. The minimum atomic E-state index is 0.0988. The van der Waals surface area contributed by atoms with Crippen molar-refractivity contribution in [1.29, 1.82) is 0 Å². The molecule has 3 heteroatoms. The Morgan fingerprint density at radius 1 is 0.767 bits per heavy atom. The first-order chi connectivity index (χ1) is 14.3. The molecule has 3 aromatic carbocycles. The summed E-state index contributed by atoms with van der Waals surface area (Å²) < 4.78 is 12.4. The molecule has 0 aliphatic carbocycles. The van der Waals surface area contributed by atoms with Gasteiger partial charge in [-0.15, -0.1) is 0 Å². The van der Waals surface area contributed by atoms with Gasteiger partial charge >= 0.3 is 5.95 Å². The van der Waals surface area contributed by atoms with E-state index in [0.29, 0.717) is 5.95 Å². The van der Waals surface area contributed by atoms with E-state index in [9.17, 15) is 0 Å². The molecule has 5 rings (SSSR count). The van der Waals surface area contributed by atoms with E-state index in [-0.39, 0.29) is 5.41 Å². The topological polar surface area (TPSA) is 25.6 Å². The molecule has 0 N–H and O–H groups in total. The number of hydrogen-bond donors (Lipinski definition) is 0.